The standard InChI is InChI=1S/C7H4FNO/c8-6-2-1-5(4-9)3-7(6)10/h1-2H,3H2. The van der Waals surface area contributed by atoms with Crippen LogP contribution in [-0.4, -0.2) is 5.78 Å². The van der Waals surface area contributed by atoms with Gasteiger partial charge in [-0.3, -0.25) is 4.79 Å². The molecule has 2 nitrogen and oxygen atoms in total. The van der Waals surface area contributed by atoms with Crippen molar-refractivity contribution in [3.8, 4) is 6.07 Å². The molecule has 10 heavy (non-hydrogen) atoms. The average molecular weight is 137 g/mol. The van der Waals surface area contributed by atoms with Crippen molar-refractivity contribution < 1.29 is 9.18 Å². The second kappa shape index (κ2) is 2.44. The number of carbonyl (C=O) groups is 1. The van der Waals surface area contributed by atoms with Crippen molar-refractivity contribution in [1.82, 2.24) is 0 Å². The monoisotopic (exact) mass is 137 g/mol. The van der Waals surface area contributed by atoms with Crippen LogP contribution >= 0.6 is 0 Å². The Morgan fingerprint density at radius 1 is 1.60 bits per heavy atom. The van der Waals surface area contributed by atoms with Gasteiger partial charge < -0.3 is 0 Å². The van der Waals surface area contributed by atoms with Gasteiger partial charge in [-0.15, -0.1) is 0 Å². The molecular formula is C7H4FNO. The highest BCUT2D eigenvalue weighted by molar-refractivity contribution is 5.96. The maximum Gasteiger partial charge on any atom is 0.196 e. The van der Waals surface area contributed by atoms with Gasteiger partial charge in [0, 0.05) is 12.0 Å². The molecule has 0 N–H and O–H groups in total. The number of nitriles is 1. The van der Waals surface area contributed by atoms with E-state index >= 15 is 0 Å². The number of allylic oxidation sites excluding steroid dienone is 4. The summed E-state index contributed by atoms with van der Waals surface area (Å²) in [6.45, 7) is 0. The number of rotatable bonds is 0. The first-order valence-electron chi connectivity index (χ1n) is 2.73. The third kappa shape index (κ3) is 1.11. The van der Waals surface area contributed by atoms with E-state index in [2.05, 4.69) is 0 Å². The third-order valence-corrected chi connectivity index (χ3v) is 1.19. The highest BCUT2D eigenvalue weighted by Gasteiger charge is 2.14. The molecule has 0 fully saturated rings. The molecule has 0 aromatic rings. The van der Waals surface area contributed by atoms with Crippen LogP contribution in [-0.2, 0) is 4.79 Å². The summed E-state index contributed by atoms with van der Waals surface area (Å²) in [7, 11) is 0. The van der Waals surface area contributed by atoms with Crippen molar-refractivity contribution in [3.63, 3.8) is 0 Å². The first-order valence-corrected chi connectivity index (χ1v) is 2.73. The van der Waals surface area contributed by atoms with E-state index in [1.807, 2.05) is 0 Å². The molecule has 0 spiro atoms. The highest BCUT2D eigenvalue weighted by Crippen LogP contribution is 2.14. The Morgan fingerprint density at radius 2 is 2.30 bits per heavy atom. The second-order valence-electron chi connectivity index (χ2n) is 1.92. The van der Waals surface area contributed by atoms with Gasteiger partial charge in [0.05, 0.1) is 6.07 Å². The van der Waals surface area contributed by atoms with E-state index in [-0.39, 0.29) is 6.42 Å². The summed E-state index contributed by atoms with van der Waals surface area (Å²) in [5.41, 5.74) is 0.311. The van der Waals surface area contributed by atoms with Crippen molar-refractivity contribution in [1.29, 1.82) is 5.26 Å². The maximum atomic E-state index is 12.2. The average Bonchev–Trinajstić information content (AvgIpc) is 1.95. The van der Waals surface area contributed by atoms with Crippen LogP contribution in [0.1, 0.15) is 6.42 Å². The Hall–Kier alpha value is -1.43. The quantitative estimate of drug-likeness (QED) is 0.504. The van der Waals surface area contributed by atoms with E-state index in [9.17, 15) is 9.18 Å². The summed E-state index contributed by atoms with van der Waals surface area (Å²) in [5.74, 6) is -1.38. The normalized spacial score (nSPS) is 17.4. The van der Waals surface area contributed by atoms with Crippen molar-refractivity contribution in [2.75, 3.05) is 0 Å². The van der Waals surface area contributed by atoms with Crippen molar-refractivity contribution in [2.24, 2.45) is 0 Å². The fraction of sp³-hybridized carbons (Fsp3) is 0.143. The summed E-state index contributed by atoms with van der Waals surface area (Å²) in [4.78, 5) is 10.5. The van der Waals surface area contributed by atoms with Crippen LogP contribution < -0.4 is 0 Å². The summed E-state index contributed by atoms with van der Waals surface area (Å²) in [5, 5.41) is 8.27. The van der Waals surface area contributed by atoms with E-state index in [0.717, 1.165) is 6.08 Å². The topological polar surface area (TPSA) is 40.9 Å². The first-order chi connectivity index (χ1) is 4.74. The van der Waals surface area contributed by atoms with E-state index in [1.54, 1.807) is 6.07 Å². The lowest BCUT2D eigenvalue weighted by atomic mass is 10.0. The van der Waals surface area contributed by atoms with Crippen LogP contribution in [0, 0.1) is 11.3 Å². The van der Waals surface area contributed by atoms with Gasteiger partial charge >= 0.3 is 0 Å². The van der Waals surface area contributed by atoms with E-state index in [1.165, 1.54) is 6.08 Å². The molecule has 0 aliphatic heterocycles. The Morgan fingerprint density at radius 3 is 2.80 bits per heavy atom. The zero-order valence-corrected chi connectivity index (χ0v) is 5.10. The number of halogens is 1. The number of carbonyl (C=O) groups excluding carboxylic acids is 1. The molecule has 1 aliphatic carbocycles. The minimum Gasteiger partial charge on any atom is -0.291 e. The van der Waals surface area contributed by atoms with Crippen LogP contribution in [0.5, 0.6) is 0 Å². The first kappa shape index (κ1) is 6.69. The van der Waals surface area contributed by atoms with Crippen LogP contribution in [0.25, 0.3) is 0 Å². The SMILES string of the molecule is N#CC1=CC=C(F)C(=O)C1. The summed E-state index contributed by atoms with van der Waals surface area (Å²) in [6.07, 6.45) is 2.24. The largest absolute Gasteiger partial charge is 0.291 e. The minimum atomic E-state index is -0.765. The fourth-order valence-electron chi connectivity index (χ4n) is 0.660. The zero-order valence-electron chi connectivity index (χ0n) is 5.10. The smallest absolute Gasteiger partial charge is 0.196 e. The molecule has 0 unspecified atom stereocenters. The lowest BCUT2D eigenvalue weighted by Crippen LogP contribution is -2.02. The summed E-state index contributed by atoms with van der Waals surface area (Å²) in [6, 6.07) is 1.78. The molecule has 0 radical (unpaired) electrons. The van der Waals surface area contributed by atoms with Gasteiger partial charge in [-0.05, 0) is 12.2 Å². The van der Waals surface area contributed by atoms with Crippen LogP contribution in [0.4, 0.5) is 4.39 Å². The van der Waals surface area contributed by atoms with Gasteiger partial charge in [-0.2, -0.15) is 5.26 Å². The van der Waals surface area contributed by atoms with Crippen molar-refractivity contribution in [2.45, 2.75) is 6.42 Å². The number of nitrogens with zero attached hydrogens (tertiary/aromatic N) is 1. The molecule has 1 aliphatic rings. The van der Waals surface area contributed by atoms with Crippen LogP contribution in [0.2, 0.25) is 0 Å². The van der Waals surface area contributed by atoms with Gasteiger partial charge in [0.15, 0.2) is 11.6 Å². The molecule has 0 saturated heterocycles. The van der Waals surface area contributed by atoms with Crippen LogP contribution in [0.3, 0.4) is 0 Å². The van der Waals surface area contributed by atoms with Gasteiger partial charge in [-0.1, -0.05) is 0 Å². The summed E-state index contributed by atoms with van der Waals surface area (Å²) >= 11 is 0. The Labute approximate surface area is 57.3 Å². The second-order valence-corrected chi connectivity index (χ2v) is 1.92. The number of ketones is 1. The fourth-order valence-corrected chi connectivity index (χ4v) is 0.660. The highest BCUT2D eigenvalue weighted by atomic mass is 19.1. The van der Waals surface area contributed by atoms with Crippen molar-refractivity contribution >= 4 is 5.78 Å². The molecular weight excluding hydrogens is 133 g/mol. The molecule has 1 rings (SSSR count). The molecule has 0 aromatic carbocycles. The molecule has 0 atom stereocenters. The Kier molecular flexibility index (Phi) is 1.63. The van der Waals surface area contributed by atoms with Crippen LogP contribution in [0.15, 0.2) is 23.6 Å². The lowest BCUT2D eigenvalue weighted by Gasteiger charge is -1.99. The summed E-state index contributed by atoms with van der Waals surface area (Å²) < 4.78 is 12.2. The van der Waals surface area contributed by atoms with Gasteiger partial charge in [-0.25, -0.2) is 4.39 Å². The molecule has 3 heteroatoms. The van der Waals surface area contributed by atoms with Gasteiger partial charge in [0.25, 0.3) is 0 Å². The number of hydrogen-bond acceptors (Lipinski definition) is 2. The van der Waals surface area contributed by atoms with E-state index in [0.29, 0.717) is 5.57 Å². The van der Waals surface area contributed by atoms with E-state index in [4.69, 9.17) is 5.26 Å². The number of Topliss-reactive ketones (excluding diaryl/α,β-unsaturated/α-hetero) is 1. The van der Waals surface area contributed by atoms with Crippen molar-refractivity contribution in [3.05, 3.63) is 23.6 Å². The molecule has 0 bridgehead atoms. The van der Waals surface area contributed by atoms with E-state index < -0.39 is 11.6 Å². The Balaban J connectivity index is 2.91. The molecule has 0 saturated carbocycles. The van der Waals surface area contributed by atoms with Gasteiger partial charge in [0.1, 0.15) is 0 Å². The number of hydrogen-bond donors (Lipinski definition) is 0. The lowest BCUT2D eigenvalue weighted by molar-refractivity contribution is -0.116. The zero-order chi connectivity index (χ0) is 7.56. The third-order valence-electron chi connectivity index (χ3n) is 1.19. The molecule has 0 aromatic heterocycles. The van der Waals surface area contributed by atoms with Gasteiger partial charge in [0.2, 0.25) is 0 Å². The molecule has 0 amide bonds. The minimum absolute atomic E-state index is 0.0984. The maximum absolute atomic E-state index is 12.2. The molecule has 0 heterocycles. The Bertz CT molecular complexity index is 270. The predicted octanol–water partition coefficient (Wildman–Crippen LogP) is 1.26. The molecule has 50 valence electrons. The predicted molar refractivity (Wildman–Crippen MR) is 32.5 cm³/mol.